The van der Waals surface area contributed by atoms with Crippen LogP contribution in [-0.2, 0) is 0 Å². The SMILES string of the molecule is Cc1onc(-c2ccc(Cl)c3cccnc23)c1C(=O)O. The predicted octanol–water partition coefficient (Wildman–Crippen LogP) is 3.55. The number of rotatable bonds is 2. The Kier molecular flexibility index (Phi) is 2.91. The third-order valence-corrected chi connectivity index (χ3v) is 3.38. The fourth-order valence-corrected chi connectivity index (χ4v) is 2.35. The number of aromatic nitrogens is 2. The van der Waals surface area contributed by atoms with Crippen LogP contribution >= 0.6 is 11.6 Å². The van der Waals surface area contributed by atoms with Gasteiger partial charge in [-0.25, -0.2) is 4.79 Å². The monoisotopic (exact) mass is 288 g/mol. The third kappa shape index (κ3) is 1.83. The highest BCUT2D eigenvalue weighted by atomic mass is 35.5. The van der Waals surface area contributed by atoms with Gasteiger partial charge in [0.15, 0.2) is 0 Å². The van der Waals surface area contributed by atoms with Gasteiger partial charge in [0, 0.05) is 17.1 Å². The Hall–Kier alpha value is -2.40. The molecule has 5 nitrogen and oxygen atoms in total. The number of carboxylic acids is 1. The predicted molar refractivity (Wildman–Crippen MR) is 73.9 cm³/mol. The van der Waals surface area contributed by atoms with Gasteiger partial charge in [0.1, 0.15) is 17.0 Å². The Morgan fingerprint density at radius 3 is 2.90 bits per heavy atom. The number of hydrogen-bond acceptors (Lipinski definition) is 4. The average Bonchev–Trinajstić information content (AvgIpc) is 2.81. The van der Waals surface area contributed by atoms with E-state index in [1.54, 1.807) is 31.3 Å². The Balaban J connectivity index is 2.37. The van der Waals surface area contributed by atoms with Gasteiger partial charge < -0.3 is 9.63 Å². The summed E-state index contributed by atoms with van der Waals surface area (Å²) in [6.07, 6.45) is 1.62. The minimum atomic E-state index is -1.09. The third-order valence-electron chi connectivity index (χ3n) is 3.05. The van der Waals surface area contributed by atoms with Crippen molar-refractivity contribution in [2.45, 2.75) is 6.92 Å². The maximum atomic E-state index is 11.3. The van der Waals surface area contributed by atoms with E-state index in [9.17, 15) is 9.90 Å². The summed E-state index contributed by atoms with van der Waals surface area (Å²) in [4.78, 5) is 15.6. The molecule has 1 aromatic carbocycles. The van der Waals surface area contributed by atoms with Gasteiger partial charge in [-0.3, -0.25) is 4.98 Å². The maximum Gasteiger partial charge on any atom is 0.341 e. The molecule has 6 heteroatoms. The van der Waals surface area contributed by atoms with Crippen molar-refractivity contribution in [2.75, 3.05) is 0 Å². The van der Waals surface area contributed by atoms with Gasteiger partial charge in [0.2, 0.25) is 0 Å². The van der Waals surface area contributed by atoms with Crippen molar-refractivity contribution >= 4 is 28.5 Å². The lowest BCUT2D eigenvalue weighted by Crippen LogP contribution is -2.00. The van der Waals surface area contributed by atoms with Gasteiger partial charge >= 0.3 is 5.97 Å². The molecule has 3 rings (SSSR count). The van der Waals surface area contributed by atoms with Crippen LogP contribution in [0, 0.1) is 6.92 Å². The second-order valence-electron chi connectivity index (χ2n) is 4.26. The van der Waals surface area contributed by atoms with Crippen LogP contribution in [0.15, 0.2) is 35.0 Å². The largest absolute Gasteiger partial charge is 0.477 e. The summed E-state index contributed by atoms with van der Waals surface area (Å²) in [7, 11) is 0. The molecule has 20 heavy (non-hydrogen) atoms. The molecule has 3 aromatic rings. The number of aromatic carboxylic acids is 1. The molecule has 0 atom stereocenters. The zero-order valence-electron chi connectivity index (χ0n) is 10.4. The molecular formula is C14H9ClN2O3. The summed E-state index contributed by atoms with van der Waals surface area (Å²) in [5, 5.41) is 14.4. The summed E-state index contributed by atoms with van der Waals surface area (Å²) in [6, 6.07) is 6.98. The normalized spacial score (nSPS) is 10.9. The van der Waals surface area contributed by atoms with Crippen LogP contribution < -0.4 is 0 Å². The summed E-state index contributed by atoms with van der Waals surface area (Å²) in [5.74, 6) is -0.829. The number of fused-ring (bicyclic) bond motifs is 1. The Morgan fingerprint density at radius 2 is 2.15 bits per heavy atom. The van der Waals surface area contributed by atoms with E-state index >= 15 is 0 Å². The summed E-state index contributed by atoms with van der Waals surface area (Å²) < 4.78 is 5.00. The minimum absolute atomic E-state index is 0.0410. The van der Waals surface area contributed by atoms with Crippen molar-refractivity contribution in [1.29, 1.82) is 0 Å². The van der Waals surface area contributed by atoms with Gasteiger partial charge in [-0.1, -0.05) is 16.8 Å². The molecule has 2 heterocycles. The van der Waals surface area contributed by atoms with Crippen LogP contribution in [0.5, 0.6) is 0 Å². The zero-order chi connectivity index (χ0) is 14.3. The quantitative estimate of drug-likeness (QED) is 0.780. The van der Waals surface area contributed by atoms with E-state index < -0.39 is 5.97 Å². The highest BCUT2D eigenvalue weighted by Gasteiger charge is 2.23. The van der Waals surface area contributed by atoms with Crippen molar-refractivity contribution in [3.05, 3.63) is 46.8 Å². The molecule has 0 saturated carbocycles. The van der Waals surface area contributed by atoms with E-state index in [2.05, 4.69) is 10.1 Å². The average molecular weight is 289 g/mol. The molecule has 0 radical (unpaired) electrons. The molecule has 0 amide bonds. The highest BCUT2D eigenvalue weighted by molar-refractivity contribution is 6.35. The lowest BCUT2D eigenvalue weighted by atomic mass is 10.0. The van der Waals surface area contributed by atoms with E-state index in [-0.39, 0.29) is 17.0 Å². The second kappa shape index (κ2) is 4.61. The Labute approximate surface area is 118 Å². The Bertz CT molecular complexity index is 826. The molecule has 0 saturated heterocycles. The molecule has 0 unspecified atom stereocenters. The number of benzene rings is 1. The lowest BCUT2D eigenvalue weighted by molar-refractivity contribution is 0.0696. The van der Waals surface area contributed by atoms with E-state index in [4.69, 9.17) is 16.1 Å². The van der Waals surface area contributed by atoms with Crippen LogP contribution in [0.4, 0.5) is 0 Å². The summed E-state index contributed by atoms with van der Waals surface area (Å²) in [5.41, 5.74) is 1.48. The van der Waals surface area contributed by atoms with Crippen LogP contribution in [0.25, 0.3) is 22.2 Å². The van der Waals surface area contributed by atoms with Gasteiger partial charge in [0.05, 0.1) is 10.5 Å². The molecule has 0 aliphatic rings. The standard InChI is InChI=1S/C14H9ClN2O3/c1-7-11(14(18)19)13(17-20-7)9-4-5-10(15)8-3-2-6-16-12(8)9/h2-6H,1H3,(H,18,19). The first-order valence-corrected chi connectivity index (χ1v) is 6.20. The number of aryl methyl sites for hydroxylation is 1. The van der Waals surface area contributed by atoms with Crippen LogP contribution in [0.3, 0.4) is 0 Å². The summed E-state index contributed by atoms with van der Waals surface area (Å²) in [6.45, 7) is 1.56. The number of nitrogens with zero attached hydrogens (tertiary/aromatic N) is 2. The Morgan fingerprint density at radius 1 is 1.35 bits per heavy atom. The molecule has 0 aliphatic heterocycles. The molecule has 0 fully saturated rings. The van der Waals surface area contributed by atoms with Crippen molar-refractivity contribution in [1.82, 2.24) is 10.1 Å². The number of halogens is 1. The highest BCUT2D eigenvalue weighted by Crippen LogP contribution is 2.33. The first-order valence-electron chi connectivity index (χ1n) is 5.82. The second-order valence-corrected chi connectivity index (χ2v) is 4.67. The van der Waals surface area contributed by atoms with Crippen molar-refractivity contribution in [2.24, 2.45) is 0 Å². The first kappa shape index (κ1) is 12.6. The molecule has 1 N–H and O–H groups in total. The topological polar surface area (TPSA) is 76.2 Å². The summed E-state index contributed by atoms with van der Waals surface area (Å²) >= 11 is 6.12. The molecular weight excluding hydrogens is 280 g/mol. The molecule has 0 aliphatic carbocycles. The van der Waals surface area contributed by atoms with E-state index in [0.717, 1.165) is 5.39 Å². The van der Waals surface area contributed by atoms with E-state index in [1.165, 1.54) is 0 Å². The van der Waals surface area contributed by atoms with Crippen LogP contribution in [0.1, 0.15) is 16.1 Å². The zero-order valence-corrected chi connectivity index (χ0v) is 11.2. The fraction of sp³-hybridized carbons (Fsp3) is 0.0714. The van der Waals surface area contributed by atoms with Crippen molar-refractivity contribution in [3.8, 4) is 11.3 Å². The number of carboxylic acid groups (broad SMARTS) is 1. The maximum absolute atomic E-state index is 11.3. The smallest absolute Gasteiger partial charge is 0.341 e. The fourth-order valence-electron chi connectivity index (χ4n) is 2.14. The van der Waals surface area contributed by atoms with Crippen molar-refractivity contribution < 1.29 is 14.4 Å². The van der Waals surface area contributed by atoms with Crippen LogP contribution in [0.2, 0.25) is 5.02 Å². The van der Waals surface area contributed by atoms with E-state index in [0.29, 0.717) is 16.1 Å². The van der Waals surface area contributed by atoms with Gasteiger partial charge in [0.25, 0.3) is 0 Å². The van der Waals surface area contributed by atoms with Crippen LogP contribution in [-0.4, -0.2) is 21.2 Å². The van der Waals surface area contributed by atoms with E-state index in [1.807, 2.05) is 6.07 Å². The van der Waals surface area contributed by atoms with Crippen molar-refractivity contribution in [3.63, 3.8) is 0 Å². The van der Waals surface area contributed by atoms with Gasteiger partial charge in [-0.05, 0) is 31.2 Å². The first-order chi connectivity index (χ1) is 9.59. The van der Waals surface area contributed by atoms with Gasteiger partial charge in [-0.2, -0.15) is 0 Å². The molecule has 100 valence electrons. The number of hydrogen-bond donors (Lipinski definition) is 1. The van der Waals surface area contributed by atoms with Gasteiger partial charge in [-0.15, -0.1) is 0 Å². The minimum Gasteiger partial charge on any atom is -0.477 e. The lowest BCUT2D eigenvalue weighted by Gasteiger charge is -2.05. The number of pyridine rings is 1. The molecule has 0 spiro atoms. The molecule has 0 bridgehead atoms. The molecule has 2 aromatic heterocycles. The number of carbonyl (C=O) groups is 1.